The molecule has 1 aromatic heterocycles. The summed E-state index contributed by atoms with van der Waals surface area (Å²) >= 11 is 0. The third-order valence-corrected chi connectivity index (χ3v) is 3.58. The number of aryl methyl sites for hydroxylation is 1. The smallest absolute Gasteiger partial charge is 0.163 e. The molecule has 0 aliphatic heterocycles. The molecule has 1 aliphatic carbocycles. The summed E-state index contributed by atoms with van der Waals surface area (Å²) < 4.78 is 5.76. The second-order valence-electron chi connectivity index (χ2n) is 5.02. The summed E-state index contributed by atoms with van der Waals surface area (Å²) in [6, 6.07) is 11.7. The molecule has 0 bridgehead atoms. The Balaban J connectivity index is 1.62. The quantitative estimate of drug-likeness (QED) is 0.853. The summed E-state index contributed by atoms with van der Waals surface area (Å²) in [7, 11) is 0. The van der Waals surface area contributed by atoms with E-state index in [0.717, 1.165) is 41.8 Å². The Labute approximate surface area is 118 Å². The highest BCUT2D eigenvalue weighted by molar-refractivity contribution is 5.98. The van der Waals surface area contributed by atoms with Crippen LogP contribution < -0.4 is 4.74 Å². The second kappa shape index (κ2) is 5.87. The molecular formula is C17H17NO2. The third-order valence-electron chi connectivity index (χ3n) is 3.58. The van der Waals surface area contributed by atoms with E-state index in [4.69, 9.17) is 4.74 Å². The van der Waals surface area contributed by atoms with Gasteiger partial charge in [0.25, 0.3) is 0 Å². The number of benzene rings is 1. The van der Waals surface area contributed by atoms with Crippen molar-refractivity contribution in [2.45, 2.75) is 25.7 Å². The van der Waals surface area contributed by atoms with Crippen LogP contribution in [-0.2, 0) is 12.8 Å². The molecule has 0 amide bonds. The van der Waals surface area contributed by atoms with Gasteiger partial charge in [0.05, 0.1) is 6.61 Å². The van der Waals surface area contributed by atoms with Gasteiger partial charge in [0, 0.05) is 30.3 Å². The first-order valence-electron chi connectivity index (χ1n) is 7.02. The molecule has 0 unspecified atom stereocenters. The van der Waals surface area contributed by atoms with E-state index in [1.807, 2.05) is 36.4 Å². The van der Waals surface area contributed by atoms with Crippen molar-refractivity contribution in [3.05, 3.63) is 59.4 Å². The van der Waals surface area contributed by atoms with Crippen molar-refractivity contribution in [1.82, 2.24) is 4.98 Å². The van der Waals surface area contributed by atoms with Gasteiger partial charge >= 0.3 is 0 Å². The number of aromatic nitrogens is 1. The molecule has 3 nitrogen and oxygen atoms in total. The van der Waals surface area contributed by atoms with E-state index in [1.165, 1.54) is 0 Å². The molecule has 1 aromatic carbocycles. The second-order valence-corrected chi connectivity index (χ2v) is 5.02. The Bertz CT molecular complexity index is 608. The molecule has 3 rings (SSSR count). The summed E-state index contributed by atoms with van der Waals surface area (Å²) in [6.07, 6.45) is 5.17. The summed E-state index contributed by atoms with van der Waals surface area (Å²) in [6.45, 7) is 0.601. The number of rotatable bonds is 4. The van der Waals surface area contributed by atoms with Gasteiger partial charge in [0.2, 0.25) is 0 Å². The van der Waals surface area contributed by atoms with Gasteiger partial charge in [-0.15, -0.1) is 0 Å². The van der Waals surface area contributed by atoms with Crippen LogP contribution in [0.5, 0.6) is 5.75 Å². The summed E-state index contributed by atoms with van der Waals surface area (Å²) in [5.74, 6) is 1.10. The largest absolute Gasteiger partial charge is 0.493 e. The highest BCUT2D eigenvalue weighted by atomic mass is 16.5. The lowest BCUT2D eigenvalue weighted by Gasteiger charge is -2.15. The van der Waals surface area contributed by atoms with Crippen LogP contribution in [0, 0.1) is 0 Å². The molecule has 0 saturated heterocycles. The standard InChI is InChI=1S/C17H17NO2/c19-17-6-3-4-13-12-15(7-8-16(13)17)20-11-9-14-5-1-2-10-18-14/h1-2,5,7-8,10,12H,3-4,6,9,11H2. The van der Waals surface area contributed by atoms with E-state index in [1.54, 1.807) is 6.20 Å². The molecule has 0 fully saturated rings. The highest BCUT2D eigenvalue weighted by Gasteiger charge is 2.17. The van der Waals surface area contributed by atoms with Gasteiger partial charge in [-0.3, -0.25) is 9.78 Å². The number of carbonyl (C=O) groups excluding carboxylic acids is 1. The fraction of sp³-hybridized carbons (Fsp3) is 0.294. The van der Waals surface area contributed by atoms with Crippen molar-refractivity contribution < 1.29 is 9.53 Å². The average molecular weight is 267 g/mol. The predicted octanol–water partition coefficient (Wildman–Crippen LogP) is 3.22. The maximum absolute atomic E-state index is 11.7. The van der Waals surface area contributed by atoms with Gasteiger partial charge in [0.15, 0.2) is 5.78 Å². The number of nitrogens with zero attached hydrogens (tertiary/aromatic N) is 1. The molecule has 0 saturated carbocycles. The van der Waals surface area contributed by atoms with Gasteiger partial charge in [-0.25, -0.2) is 0 Å². The van der Waals surface area contributed by atoms with Gasteiger partial charge in [-0.05, 0) is 48.7 Å². The maximum Gasteiger partial charge on any atom is 0.163 e. The highest BCUT2D eigenvalue weighted by Crippen LogP contribution is 2.25. The van der Waals surface area contributed by atoms with Gasteiger partial charge in [-0.2, -0.15) is 0 Å². The molecule has 0 radical (unpaired) electrons. The van der Waals surface area contributed by atoms with Crippen LogP contribution in [0.4, 0.5) is 0 Å². The van der Waals surface area contributed by atoms with Gasteiger partial charge in [0.1, 0.15) is 5.75 Å². The van der Waals surface area contributed by atoms with Crippen molar-refractivity contribution in [1.29, 1.82) is 0 Å². The summed E-state index contributed by atoms with van der Waals surface area (Å²) in [5.41, 5.74) is 3.02. The topological polar surface area (TPSA) is 39.2 Å². The Morgan fingerprint density at radius 1 is 1.15 bits per heavy atom. The van der Waals surface area contributed by atoms with Gasteiger partial charge < -0.3 is 4.74 Å². The van der Waals surface area contributed by atoms with E-state index in [9.17, 15) is 4.79 Å². The van der Waals surface area contributed by atoms with Crippen molar-refractivity contribution in [2.75, 3.05) is 6.61 Å². The number of pyridine rings is 1. The van der Waals surface area contributed by atoms with Crippen LogP contribution in [0.2, 0.25) is 0 Å². The van der Waals surface area contributed by atoms with Crippen molar-refractivity contribution in [2.24, 2.45) is 0 Å². The van der Waals surface area contributed by atoms with E-state index in [0.29, 0.717) is 13.0 Å². The fourth-order valence-corrected chi connectivity index (χ4v) is 2.53. The van der Waals surface area contributed by atoms with Crippen LogP contribution in [0.15, 0.2) is 42.6 Å². The number of ether oxygens (including phenoxy) is 1. The first-order valence-corrected chi connectivity index (χ1v) is 7.02. The molecule has 1 aliphatic rings. The van der Waals surface area contributed by atoms with Crippen LogP contribution in [0.1, 0.15) is 34.5 Å². The number of Topliss-reactive ketones (excluding diaryl/α,β-unsaturated/α-hetero) is 1. The van der Waals surface area contributed by atoms with E-state index >= 15 is 0 Å². The summed E-state index contributed by atoms with van der Waals surface area (Å²) in [4.78, 5) is 16.0. The van der Waals surface area contributed by atoms with E-state index < -0.39 is 0 Å². The number of carbonyl (C=O) groups is 1. The summed E-state index contributed by atoms with van der Waals surface area (Å²) in [5, 5.41) is 0. The molecule has 102 valence electrons. The zero-order valence-corrected chi connectivity index (χ0v) is 11.3. The minimum Gasteiger partial charge on any atom is -0.493 e. The zero-order valence-electron chi connectivity index (χ0n) is 11.3. The zero-order chi connectivity index (χ0) is 13.8. The first-order chi connectivity index (χ1) is 9.83. The van der Waals surface area contributed by atoms with Crippen LogP contribution in [0.3, 0.4) is 0 Å². The van der Waals surface area contributed by atoms with Crippen LogP contribution >= 0.6 is 0 Å². The first kappa shape index (κ1) is 12.9. The van der Waals surface area contributed by atoms with E-state index in [2.05, 4.69) is 4.98 Å². The third kappa shape index (κ3) is 2.87. The molecule has 0 atom stereocenters. The Morgan fingerprint density at radius 2 is 2.10 bits per heavy atom. The van der Waals surface area contributed by atoms with Crippen LogP contribution in [0.25, 0.3) is 0 Å². The lowest BCUT2D eigenvalue weighted by atomic mass is 9.90. The molecule has 2 aromatic rings. The lowest BCUT2D eigenvalue weighted by Crippen LogP contribution is -2.11. The van der Waals surface area contributed by atoms with Gasteiger partial charge in [-0.1, -0.05) is 6.07 Å². The molecule has 0 N–H and O–H groups in total. The van der Waals surface area contributed by atoms with Crippen molar-refractivity contribution in [3.63, 3.8) is 0 Å². The molecule has 0 spiro atoms. The fourth-order valence-electron chi connectivity index (χ4n) is 2.53. The average Bonchev–Trinajstić information content (AvgIpc) is 2.48. The Hall–Kier alpha value is -2.16. The maximum atomic E-state index is 11.7. The minimum atomic E-state index is 0.256. The normalized spacial score (nSPS) is 13.9. The van der Waals surface area contributed by atoms with E-state index in [-0.39, 0.29) is 5.78 Å². The lowest BCUT2D eigenvalue weighted by molar-refractivity contribution is 0.0972. The number of ketones is 1. The monoisotopic (exact) mass is 267 g/mol. The SMILES string of the molecule is O=C1CCCc2cc(OCCc3ccccn3)ccc21. The van der Waals surface area contributed by atoms with Crippen molar-refractivity contribution in [3.8, 4) is 5.75 Å². The van der Waals surface area contributed by atoms with Crippen molar-refractivity contribution >= 4 is 5.78 Å². The molecule has 20 heavy (non-hydrogen) atoms. The molecular weight excluding hydrogens is 250 g/mol. The number of hydrogen-bond acceptors (Lipinski definition) is 3. The molecule has 1 heterocycles. The van der Waals surface area contributed by atoms with Crippen LogP contribution in [-0.4, -0.2) is 17.4 Å². The number of hydrogen-bond donors (Lipinski definition) is 0. The Morgan fingerprint density at radius 3 is 2.95 bits per heavy atom. The molecule has 3 heteroatoms. The Kier molecular flexibility index (Phi) is 3.77. The number of fused-ring (bicyclic) bond motifs is 1. The minimum absolute atomic E-state index is 0.256. The predicted molar refractivity (Wildman–Crippen MR) is 77.1 cm³/mol.